The lowest BCUT2D eigenvalue weighted by atomic mass is 9.82. The standard InChI is InChI=1S/C25H30ClFN6O.C12H12BrClFN3O/c1-15(2)11-33-25(34-21-8-19(26)7-20(27)9-21)30-23(31-33)10-22-17-4-5-18(22)13-32(12-17)24-6-16(3)28-14-29-24;1-7(2)6-18-12(16-11(13)17-18)19-10-4-8(14)3-9(15)5-10/h6-9,14-15,17-18,22H,4-5,10-13H2,1-3H3;3-5,7H,6H2,1-2H3/t17-,18+,22?;. The van der Waals surface area contributed by atoms with Crippen molar-refractivity contribution in [2.45, 2.75) is 67.0 Å². The fourth-order valence-corrected chi connectivity index (χ4v) is 7.67. The highest BCUT2D eigenvalue weighted by atomic mass is 79.9. The van der Waals surface area contributed by atoms with Crippen molar-refractivity contribution >= 4 is 44.9 Å². The van der Waals surface area contributed by atoms with Crippen LogP contribution in [0.5, 0.6) is 23.5 Å². The Labute approximate surface area is 326 Å². The van der Waals surface area contributed by atoms with Gasteiger partial charge in [-0.05, 0) is 89.6 Å². The Kier molecular flexibility index (Phi) is 12.5. The number of fused-ring (bicyclic) bond motifs is 2. The van der Waals surface area contributed by atoms with E-state index in [2.05, 4.69) is 74.6 Å². The second kappa shape index (κ2) is 17.1. The van der Waals surface area contributed by atoms with Crippen molar-refractivity contribution in [3.63, 3.8) is 0 Å². The number of nitrogens with zero attached hydrogens (tertiary/aromatic N) is 9. The molecule has 2 bridgehead atoms. The highest BCUT2D eigenvalue weighted by molar-refractivity contribution is 9.10. The number of rotatable bonds is 11. The molecule has 3 atom stereocenters. The number of aryl methyl sites for hydroxylation is 1. The predicted molar refractivity (Wildman–Crippen MR) is 203 cm³/mol. The van der Waals surface area contributed by atoms with Crippen molar-refractivity contribution in [2.24, 2.45) is 29.6 Å². The number of hydrogen-bond donors (Lipinski definition) is 0. The third-order valence-electron chi connectivity index (χ3n) is 9.02. The van der Waals surface area contributed by atoms with E-state index in [-0.39, 0.29) is 15.8 Å². The molecule has 2 aliphatic rings. The van der Waals surface area contributed by atoms with Crippen LogP contribution in [0.1, 0.15) is 52.1 Å². The first-order valence-electron chi connectivity index (χ1n) is 17.6. The Balaban J connectivity index is 0.000000214. The highest BCUT2D eigenvalue weighted by Gasteiger charge is 2.43. The van der Waals surface area contributed by atoms with Gasteiger partial charge in [0.2, 0.25) is 4.73 Å². The summed E-state index contributed by atoms with van der Waals surface area (Å²) in [4.78, 5) is 20.0. The molecule has 5 aromatic rings. The minimum atomic E-state index is -0.462. The van der Waals surface area contributed by atoms with Crippen LogP contribution >= 0.6 is 39.1 Å². The zero-order valence-electron chi connectivity index (χ0n) is 30.2. The van der Waals surface area contributed by atoms with Crippen LogP contribution in [0, 0.1) is 48.1 Å². The van der Waals surface area contributed by atoms with Crippen molar-refractivity contribution in [3.8, 4) is 23.5 Å². The molecular formula is C37H42BrCl2F2N9O2. The average Bonchev–Trinajstić information content (AvgIpc) is 3.65. The summed E-state index contributed by atoms with van der Waals surface area (Å²) in [5, 5.41) is 9.51. The number of benzene rings is 2. The van der Waals surface area contributed by atoms with Gasteiger partial charge in [-0.25, -0.2) is 28.1 Å². The molecule has 4 heterocycles. The topological polar surface area (TPSA) is 109 Å². The zero-order valence-corrected chi connectivity index (χ0v) is 33.3. The molecule has 0 spiro atoms. The molecule has 53 heavy (non-hydrogen) atoms. The zero-order chi connectivity index (χ0) is 37.8. The number of piperidine rings is 1. The van der Waals surface area contributed by atoms with Gasteiger partial charge >= 0.3 is 12.0 Å². The SMILES string of the molecule is CC(C)Cn1nc(Br)nc1Oc1cc(F)cc(Cl)c1.Cc1cc(N2C[C@H]3CC[C@@H](C2)C3Cc2nc(Oc3cc(F)cc(Cl)c3)n(CC(C)C)n2)ncn1. The minimum Gasteiger partial charge on any atom is -0.424 e. The average molecular weight is 834 g/mol. The second-order valence-corrected chi connectivity index (χ2v) is 16.0. The van der Waals surface area contributed by atoms with Crippen molar-refractivity contribution in [2.75, 3.05) is 18.0 Å². The molecule has 16 heteroatoms. The normalized spacial score (nSPS) is 18.0. The smallest absolute Gasteiger partial charge is 0.321 e. The van der Waals surface area contributed by atoms with Crippen LogP contribution in [0.25, 0.3) is 0 Å². The van der Waals surface area contributed by atoms with Gasteiger partial charge in [0.25, 0.3) is 0 Å². The lowest BCUT2D eigenvalue weighted by Crippen LogP contribution is -2.43. The predicted octanol–water partition coefficient (Wildman–Crippen LogP) is 9.60. The summed E-state index contributed by atoms with van der Waals surface area (Å²) >= 11 is 15.0. The van der Waals surface area contributed by atoms with E-state index in [0.29, 0.717) is 65.2 Å². The molecule has 0 amide bonds. The van der Waals surface area contributed by atoms with E-state index in [1.165, 1.54) is 43.2 Å². The fraction of sp³-hybridized carbons (Fsp3) is 0.459. The van der Waals surface area contributed by atoms with Gasteiger partial charge in [-0.2, -0.15) is 15.1 Å². The Morgan fingerprint density at radius 2 is 1.32 bits per heavy atom. The first kappa shape index (κ1) is 38.8. The van der Waals surface area contributed by atoms with Gasteiger partial charge in [-0.15, -0.1) is 5.10 Å². The summed E-state index contributed by atoms with van der Waals surface area (Å²) in [5.74, 6) is 3.95. The molecule has 3 aromatic heterocycles. The summed E-state index contributed by atoms with van der Waals surface area (Å²) < 4.78 is 42.3. The number of halogens is 5. The van der Waals surface area contributed by atoms with Gasteiger partial charge in [0, 0.05) is 66.5 Å². The summed E-state index contributed by atoms with van der Waals surface area (Å²) in [6, 6.07) is 10.9. The van der Waals surface area contributed by atoms with Crippen LogP contribution < -0.4 is 14.4 Å². The van der Waals surface area contributed by atoms with E-state index in [1.54, 1.807) is 21.8 Å². The number of hydrogen-bond acceptors (Lipinski definition) is 9. The van der Waals surface area contributed by atoms with Crippen molar-refractivity contribution in [1.29, 1.82) is 0 Å². The minimum absolute atomic E-state index is 0.268. The third-order valence-corrected chi connectivity index (χ3v) is 9.79. The quantitative estimate of drug-likeness (QED) is 0.129. The summed E-state index contributed by atoms with van der Waals surface area (Å²) in [6.45, 7) is 13.7. The number of anilines is 1. The maximum Gasteiger partial charge on any atom is 0.321 e. The molecule has 2 fully saturated rings. The van der Waals surface area contributed by atoms with Crippen molar-refractivity contribution in [1.82, 2.24) is 39.5 Å². The lowest BCUT2D eigenvalue weighted by Gasteiger charge is -2.38. The molecule has 0 radical (unpaired) electrons. The van der Waals surface area contributed by atoms with Gasteiger partial charge in [-0.3, -0.25) is 0 Å². The van der Waals surface area contributed by atoms with E-state index in [4.69, 9.17) is 42.8 Å². The van der Waals surface area contributed by atoms with E-state index < -0.39 is 11.6 Å². The molecule has 1 saturated carbocycles. The van der Waals surface area contributed by atoms with Crippen LogP contribution in [0.2, 0.25) is 10.0 Å². The first-order chi connectivity index (χ1) is 25.3. The summed E-state index contributed by atoms with van der Waals surface area (Å²) in [6.07, 6.45) is 4.90. The van der Waals surface area contributed by atoms with Crippen molar-refractivity contribution in [3.05, 3.63) is 86.7 Å². The van der Waals surface area contributed by atoms with Gasteiger partial charge < -0.3 is 14.4 Å². The summed E-state index contributed by atoms with van der Waals surface area (Å²) in [5.41, 5.74) is 0.992. The van der Waals surface area contributed by atoms with Crippen molar-refractivity contribution < 1.29 is 18.3 Å². The van der Waals surface area contributed by atoms with Gasteiger partial charge in [0.15, 0.2) is 5.82 Å². The van der Waals surface area contributed by atoms with Crippen LogP contribution in [-0.2, 0) is 19.5 Å². The fourth-order valence-electron chi connectivity index (χ4n) is 6.91. The maximum absolute atomic E-state index is 13.8. The molecular weight excluding hydrogens is 791 g/mol. The maximum atomic E-state index is 13.8. The van der Waals surface area contributed by atoms with E-state index in [1.807, 2.05) is 6.92 Å². The Morgan fingerprint density at radius 3 is 1.85 bits per heavy atom. The molecule has 11 nitrogen and oxygen atoms in total. The molecule has 1 unspecified atom stereocenters. The Bertz CT molecular complexity index is 1970. The second-order valence-electron chi connectivity index (χ2n) is 14.4. The molecule has 1 saturated heterocycles. The van der Waals surface area contributed by atoms with Crippen LogP contribution in [0.15, 0.2) is 53.5 Å². The molecule has 282 valence electrons. The molecule has 0 N–H and O–H groups in total. The summed E-state index contributed by atoms with van der Waals surface area (Å²) in [7, 11) is 0. The Morgan fingerprint density at radius 1 is 0.774 bits per heavy atom. The largest absolute Gasteiger partial charge is 0.424 e. The van der Waals surface area contributed by atoms with Gasteiger partial charge in [0.05, 0.1) is 0 Å². The van der Waals surface area contributed by atoms with Crippen LogP contribution in [0.3, 0.4) is 0 Å². The molecule has 1 aliphatic heterocycles. The monoisotopic (exact) mass is 831 g/mol. The lowest BCUT2D eigenvalue weighted by molar-refractivity contribution is 0.264. The Hall–Kier alpha value is -3.88. The van der Waals surface area contributed by atoms with Crippen LogP contribution in [0.4, 0.5) is 14.6 Å². The molecule has 2 aromatic carbocycles. The molecule has 7 rings (SSSR count). The van der Waals surface area contributed by atoms with E-state index >= 15 is 0 Å². The number of ether oxygens (including phenoxy) is 2. The highest BCUT2D eigenvalue weighted by Crippen LogP contribution is 2.44. The van der Waals surface area contributed by atoms with Gasteiger partial charge in [-0.1, -0.05) is 50.9 Å². The third kappa shape index (κ3) is 10.4. The van der Waals surface area contributed by atoms with Crippen LogP contribution in [-0.4, -0.2) is 52.6 Å². The van der Waals surface area contributed by atoms with E-state index in [9.17, 15) is 8.78 Å². The number of aromatic nitrogens is 8. The first-order valence-corrected chi connectivity index (χ1v) is 19.2. The molecule has 1 aliphatic carbocycles. The van der Waals surface area contributed by atoms with Gasteiger partial charge in [0.1, 0.15) is 35.3 Å². The van der Waals surface area contributed by atoms with E-state index in [0.717, 1.165) is 36.8 Å².